The zero-order valence-electron chi connectivity index (χ0n) is 12.5. The monoisotopic (exact) mass is 345 g/mol. The van der Waals surface area contributed by atoms with Gasteiger partial charge in [-0.2, -0.15) is 13.2 Å². The summed E-state index contributed by atoms with van der Waals surface area (Å²) in [4.78, 5) is 18.2. The third-order valence-corrected chi connectivity index (χ3v) is 4.67. The molecule has 6 nitrogen and oxygen atoms in total. The van der Waals surface area contributed by atoms with E-state index < -0.39 is 12.0 Å². The highest BCUT2D eigenvalue weighted by Crippen LogP contribution is 2.29. The highest BCUT2D eigenvalue weighted by atomic mass is 32.1. The van der Waals surface area contributed by atoms with Crippen molar-refractivity contribution in [2.24, 2.45) is 0 Å². The van der Waals surface area contributed by atoms with Crippen LogP contribution >= 0.6 is 11.3 Å². The van der Waals surface area contributed by atoms with Crippen molar-refractivity contribution < 1.29 is 18.0 Å². The van der Waals surface area contributed by atoms with Gasteiger partial charge in [0.1, 0.15) is 5.69 Å². The molecule has 124 valence electrons. The molecule has 0 saturated carbocycles. The molecule has 3 rings (SSSR count). The quantitative estimate of drug-likeness (QED) is 0.839. The van der Waals surface area contributed by atoms with Gasteiger partial charge < -0.3 is 9.47 Å². The molecular weight excluding hydrogens is 331 g/mol. The van der Waals surface area contributed by atoms with E-state index in [0.29, 0.717) is 5.69 Å². The highest BCUT2D eigenvalue weighted by Gasteiger charge is 2.40. The van der Waals surface area contributed by atoms with Crippen LogP contribution in [0.2, 0.25) is 0 Å². The molecule has 0 fully saturated rings. The molecule has 0 saturated heterocycles. The minimum atomic E-state index is -4.54. The number of rotatable bonds is 2. The summed E-state index contributed by atoms with van der Waals surface area (Å²) in [5.41, 5.74) is 0.322. The Morgan fingerprint density at radius 2 is 2.04 bits per heavy atom. The van der Waals surface area contributed by atoms with Crippen molar-refractivity contribution in [2.45, 2.75) is 39.0 Å². The molecule has 23 heavy (non-hydrogen) atoms. The Kier molecular flexibility index (Phi) is 3.86. The molecule has 1 aliphatic rings. The molecule has 0 N–H and O–H groups in total. The van der Waals surface area contributed by atoms with Crippen LogP contribution in [0.5, 0.6) is 0 Å². The highest BCUT2D eigenvalue weighted by molar-refractivity contribution is 7.09. The van der Waals surface area contributed by atoms with Gasteiger partial charge in [-0.15, -0.1) is 21.5 Å². The molecule has 0 unspecified atom stereocenters. The lowest BCUT2D eigenvalue weighted by atomic mass is 10.2. The number of carbonyl (C=O) groups is 1. The lowest BCUT2D eigenvalue weighted by Crippen LogP contribution is -2.39. The molecule has 0 bridgehead atoms. The number of nitrogens with zero attached hydrogens (tertiary/aromatic N) is 5. The number of hydrogen-bond acceptors (Lipinski definition) is 5. The van der Waals surface area contributed by atoms with Crippen LogP contribution in [0.1, 0.15) is 46.9 Å². The topological polar surface area (TPSA) is 63.9 Å². The molecule has 0 atom stereocenters. The van der Waals surface area contributed by atoms with Gasteiger partial charge in [0.15, 0.2) is 5.82 Å². The van der Waals surface area contributed by atoms with E-state index >= 15 is 0 Å². The number of carbonyl (C=O) groups excluding carboxylic acids is 1. The van der Waals surface area contributed by atoms with Gasteiger partial charge in [0.25, 0.3) is 5.91 Å². The average Bonchev–Trinajstić information content (AvgIpc) is 3.12. The second kappa shape index (κ2) is 5.59. The number of halogens is 3. The van der Waals surface area contributed by atoms with Gasteiger partial charge >= 0.3 is 6.18 Å². The summed E-state index contributed by atoms with van der Waals surface area (Å²) in [6, 6.07) is 0. The van der Waals surface area contributed by atoms with Gasteiger partial charge in [0.05, 0.1) is 11.6 Å². The smallest absolute Gasteiger partial charge is 0.328 e. The van der Waals surface area contributed by atoms with E-state index in [1.165, 1.54) is 16.2 Å². The van der Waals surface area contributed by atoms with E-state index in [1.54, 1.807) is 5.38 Å². The molecule has 2 aromatic rings. The summed E-state index contributed by atoms with van der Waals surface area (Å²) in [5.74, 6) is -0.956. The molecule has 1 aliphatic heterocycles. The summed E-state index contributed by atoms with van der Waals surface area (Å²) in [7, 11) is 0. The number of aromatic nitrogens is 4. The van der Waals surface area contributed by atoms with Crippen LogP contribution in [0.25, 0.3) is 0 Å². The summed E-state index contributed by atoms with van der Waals surface area (Å²) in [6.07, 6.45) is -4.54. The average molecular weight is 345 g/mol. The van der Waals surface area contributed by atoms with Crippen LogP contribution in [0.4, 0.5) is 13.2 Å². The third-order valence-electron chi connectivity index (χ3n) is 3.53. The largest absolute Gasteiger partial charge is 0.451 e. The van der Waals surface area contributed by atoms with E-state index in [0.717, 1.165) is 9.57 Å². The van der Waals surface area contributed by atoms with E-state index in [1.807, 2.05) is 13.8 Å². The predicted molar refractivity (Wildman–Crippen MR) is 76.0 cm³/mol. The van der Waals surface area contributed by atoms with E-state index in [4.69, 9.17) is 0 Å². The van der Waals surface area contributed by atoms with E-state index in [9.17, 15) is 18.0 Å². The van der Waals surface area contributed by atoms with Gasteiger partial charge in [-0.05, 0) is 0 Å². The molecule has 0 aliphatic carbocycles. The van der Waals surface area contributed by atoms with Crippen molar-refractivity contribution in [3.8, 4) is 0 Å². The number of alkyl halides is 3. The Morgan fingerprint density at radius 1 is 1.30 bits per heavy atom. The van der Waals surface area contributed by atoms with Crippen LogP contribution in [-0.2, 0) is 19.3 Å². The third kappa shape index (κ3) is 2.94. The first-order valence-electron chi connectivity index (χ1n) is 7.01. The molecule has 2 aromatic heterocycles. The lowest BCUT2D eigenvalue weighted by molar-refractivity contribution is -0.147. The second-order valence-corrected chi connectivity index (χ2v) is 6.43. The van der Waals surface area contributed by atoms with Gasteiger partial charge in [-0.25, -0.2) is 4.98 Å². The molecule has 10 heteroatoms. The number of amides is 1. The zero-order chi connectivity index (χ0) is 16.8. The Hall–Kier alpha value is -1.97. The van der Waals surface area contributed by atoms with Gasteiger partial charge in [0, 0.05) is 24.4 Å². The van der Waals surface area contributed by atoms with Gasteiger partial charge in [-0.1, -0.05) is 13.8 Å². The molecule has 0 aromatic carbocycles. The van der Waals surface area contributed by atoms with Crippen molar-refractivity contribution in [1.82, 2.24) is 24.6 Å². The Balaban J connectivity index is 1.79. The maximum Gasteiger partial charge on any atom is 0.451 e. The second-order valence-electron chi connectivity index (χ2n) is 5.54. The van der Waals surface area contributed by atoms with Crippen molar-refractivity contribution in [3.05, 3.63) is 27.7 Å². The van der Waals surface area contributed by atoms with E-state index in [2.05, 4.69) is 15.2 Å². The first kappa shape index (κ1) is 15.9. The summed E-state index contributed by atoms with van der Waals surface area (Å²) < 4.78 is 39.4. The normalized spacial score (nSPS) is 15.1. The van der Waals surface area contributed by atoms with Crippen molar-refractivity contribution >= 4 is 17.2 Å². The zero-order valence-corrected chi connectivity index (χ0v) is 13.3. The van der Waals surface area contributed by atoms with Crippen LogP contribution < -0.4 is 0 Å². The van der Waals surface area contributed by atoms with Gasteiger partial charge in [0.2, 0.25) is 5.82 Å². The van der Waals surface area contributed by atoms with Crippen molar-refractivity contribution in [2.75, 3.05) is 6.54 Å². The fraction of sp³-hybridized carbons (Fsp3) is 0.538. The minimum Gasteiger partial charge on any atom is -0.328 e. The minimum absolute atomic E-state index is 0.00352. The maximum atomic E-state index is 12.8. The number of fused-ring (bicyclic) bond motifs is 1. The lowest BCUT2D eigenvalue weighted by Gasteiger charge is -2.27. The van der Waals surface area contributed by atoms with Crippen LogP contribution in [-0.4, -0.2) is 37.1 Å². The summed E-state index contributed by atoms with van der Waals surface area (Å²) >= 11 is 1.40. The Labute approximate surface area is 134 Å². The molecule has 1 amide bonds. The molecule has 0 radical (unpaired) electrons. The van der Waals surface area contributed by atoms with E-state index in [-0.39, 0.29) is 37.3 Å². The molecular formula is C13H14F3N5OS. The Bertz CT molecular complexity index is 736. The SMILES string of the molecule is CC(C)c1nc(C(=O)N2CCn3c(nnc3C(F)(F)F)C2)cs1. The van der Waals surface area contributed by atoms with Crippen LogP contribution in [0.3, 0.4) is 0 Å². The molecule has 3 heterocycles. The first-order chi connectivity index (χ1) is 10.8. The van der Waals surface area contributed by atoms with Crippen molar-refractivity contribution in [3.63, 3.8) is 0 Å². The standard InChI is InChI=1S/C13H14F3N5OS/c1-7(2)10-17-8(6-23-10)11(22)20-3-4-21-9(5-20)18-19-12(21)13(14,15)16/h6-7H,3-5H2,1-2H3. The van der Waals surface area contributed by atoms with Crippen LogP contribution in [0.15, 0.2) is 5.38 Å². The summed E-state index contributed by atoms with van der Waals surface area (Å²) in [6.45, 7) is 4.15. The van der Waals surface area contributed by atoms with Crippen LogP contribution in [0, 0.1) is 0 Å². The van der Waals surface area contributed by atoms with Crippen molar-refractivity contribution in [1.29, 1.82) is 0 Å². The number of thiazole rings is 1. The Morgan fingerprint density at radius 3 is 2.65 bits per heavy atom. The fourth-order valence-electron chi connectivity index (χ4n) is 2.35. The summed E-state index contributed by atoms with van der Waals surface area (Å²) in [5, 5.41) is 9.30. The maximum absolute atomic E-state index is 12.8. The van der Waals surface area contributed by atoms with Gasteiger partial charge in [-0.3, -0.25) is 4.79 Å². The number of hydrogen-bond donors (Lipinski definition) is 0. The fourth-order valence-corrected chi connectivity index (χ4v) is 3.16. The molecule has 0 spiro atoms. The predicted octanol–water partition coefficient (Wildman–Crippen LogP) is 2.53. The first-order valence-corrected chi connectivity index (χ1v) is 7.89.